The summed E-state index contributed by atoms with van der Waals surface area (Å²) >= 11 is 3.49. The fraction of sp³-hybridized carbons (Fsp3) is 0.692. The normalized spacial score (nSPS) is 12.4. The highest BCUT2D eigenvalue weighted by molar-refractivity contribution is 7.99. The third-order valence-corrected chi connectivity index (χ3v) is 5.12. The maximum Gasteiger partial charge on any atom is 0.191 e. The quantitative estimate of drug-likeness (QED) is 0.621. The molecule has 0 amide bonds. The molecule has 114 valence electrons. The Labute approximate surface area is 130 Å². The van der Waals surface area contributed by atoms with E-state index in [1.807, 2.05) is 30.8 Å². The Morgan fingerprint density at radius 3 is 2.65 bits per heavy atom. The number of nitrogens with one attached hydrogen (secondary N) is 2. The van der Waals surface area contributed by atoms with Crippen LogP contribution in [0.4, 0.5) is 5.13 Å². The molecule has 0 saturated heterocycles. The molecule has 5 nitrogen and oxygen atoms in total. The van der Waals surface area contributed by atoms with E-state index >= 15 is 0 Å². The molecular formula is C13H25N5S2. The molecule has 0 aliphatic heterocycles. The van der Waals surface area contributed by atoms with Crippen LogP contribution in [0.5, 0.6) is 0 Å². The molecule has 0 atom stereocenters. The van der Waals surface area contributed by atoms with E-state index in [0.717, 1.165) is 23.3 Å². The second-order valence-corrected chi connectivity index (χ2v) is 7.61. The number of hydrogen-bond donors (Lipinski definition) is 2. The van der Waals surface area contributed by atoms with Crippen LogP contribution in [0.3, 0.4) is 0 Å². The van der Waals surface area contributed by atoms with Crippen molar-refractivity contribution < 1.29 is 0 Å². The highest BCUT2D eigenvalue weighted by Gasteiger charge is 2.16. The first-order valence-corrected chi connectivity index (χ1v) is 8.60. The number of nitrogens with zero attached hydrogens (tertiary/aromatic N) is 3. The van der Waals surface area contributed by atoms with Crippen molar-refractivity contribution in [2.24, 2.45) is 4.99 Å². The van der Waals surface area contributed by atoms with Crippen LogP contribution in [0.2, 0.25) is 0 Å². The van der Waals surface area contributed by atoms with Gasteiger partial charge < -0.3 is 15.5 Å². The number of rotatable bonds is 6. The fourth-order valence-corrected chi connectivity index (χ4v) is 2.32. The summed E-state index contributed by atoms with van der Waals surface area (Å²) in [5.41, 5.74) is 1.03. The van der Waals surface area contributed by atoms with Gasteiger partial charge in [0.2, 0.25) is 0 Å². The van der Waals surface area contributed by atoms with Gasteiger partial charge in [-0.25, -0.2) is 4.98 Å². The van der Waals surface area contributed by atoms with Gasteiger partial charge in [0, 0.05) is 37.8 Å². The first-order valence-electron chi connectivity index (χ1n) is 6.49. The lowest BCUT2D eigenvalue weighted by atomic mass is 10.2. The maximum atomic E-state index is 4.54. The van der Waals surface area contributed by atoms with Crippen molar-refractivity contribution in [3.8, 4) is 0 Å². The minimum Gasteiger partial charge on any atom is -0.355 e. The van der Waals surface area contributed by atoms with Crippen LogP contribution in [0.15, 0.2) is 10.4 Å². The minimum absolute atomic E-state index is 0.191. The van der Waals surface area contributed by atoms with E-state index in [-0.39, 0.29) is 4.75 Å². The van der Waals surface area contributed by atoms with Crippen LogP contribution in [0.25, 0.3) is 0 Å². The summed E-state index contributed by atoms with van der Waals surface area (Å²) in [6, 6.07) is 0. The van der Waals surface area contributed by atoms with E-state index in [1.165, 1.54) is 0 Å². The lowest BCUT2D eigenvalue weighted by molar-refractivity contribution is 0.663. The molecule has 0 spiro atoms. The molecular weight excluding hydrogens is 290 g/mol. The summed E-state index contributed by atoms with van der Waals surface area (Å²) in [5, 5.41) is 9.73. The van der Waals surface area contributed by atoms with Gasteiger partial charge in [-0.2, -0.15) is 11.8 Å². The van der Waals surface area contributed by atoms with Crippen LogP contribution in [0, 0.1) is 0 Å². The van der Waals surface area contributed by atoms with Crippen LogP contribution in [0.1, 0.15) is 19.5 Å². The fourth-order valence-electron chi connectivity index (χ4n) is 1.35. The maximum absolute atomic E-state index is 4.54. The topological polar surface area (TPSA) is 52.6 Å². The number of anilines is 1. The lowest BCUT2D eigenvalue weighted by Gasteiger charge is -2.23. The van der Waals surface area contributed by atoms with Crippen molar-refractivity contribution in [3.63, 3.8) is 0 Å². The highest BCUT2D eigenvalue weighted by Crippen LogP contribution is 2.19. The standard InChI is InChI=1S/C13H25N5S2/c1-13(2,19-6)9-16-11(14-3)15-7-10-8-20-12(17-10)18(4)5/h8H,7,9H2,1-6H3,(H2,14,15,16). The Balaban J connectivity index is 2.45. The van der Waals surface area contributed by atoms with Gasteiger partial charge >= 0.3 is 0 Å². The predicted octanol–water partition coefficient (Wildman–Crippen LogP) is 2.02. The molecule has 1 rings (SSSR count). The third-order valence-electron chi connectivity index (χ3n) is 2.82. The molecule has 1 aromatic rings. The molecule has 0 aliphatic carbocycles. The average Bonchev–Trinajstić information content (AvgIpc) is 2.88. The summed E-state index contributed by atoms with van der Waals surface area (Å²) in [5.74, 6) is 0.812. The molecule has 0 unspecified atom stereocenters. The summed E-state index contributed by atoms with van der Waals surface area (Å²) < 4.78 is 0.191. The predicted molar refractivity (Wildman–Crippen MR) is 92.2 cm³/mol. The zero-order valence-corrected chi connectivity index (χ0v) is 14.8. The Morgan fingerprint density at radius 1 is 1.45 bits per heavy atom. The van der Waals surface area contributed by atoms with Gasteiger partial charge in [-0.05, 0) is 20.1 Å². The molecule has 7 heteroatoms. The Bertz CT molecular complexity index is 440. The first kappa shape index (κ1) is 17.1. The van der Waals surface area contributed by atoms with Crippen molar-refractivity contribution in [1.82, 2.24) is 15.6 Å². The van der Waals surface area contributed by atoms with E-state index in [2.05, 4.69) is 46.1 Å². The number of thiazole rings is 1. The lowest BCUT2D eigenvalue weighted by Crippen LogP contribution is -2.43. The minimum atomic E-state index is 0.191. The smallest absolute Gasteiger partial charge is 0.191 e. The van der Waals surface area contributed by atoms with E-state index in [0.29, 0.717) is 6.54 Å². The van der Waals surface area contributed by atoms with Crippen molar-refractivity contribution in [1.29, 1.82) is 0 Å². The zero-order valence-electron chi connectivity index (χ0n) is 13.1. The second kappa shape index (κ2) is 7.73. The number of guanidine groups is 1. The monoisotopic (exact) mass is 315 g/mol. The molecule has 0 radical (unpaired) electrons. The molecule has 0 aliphatic rings. The molecule has 0 bridgehead atoms. The molecule has 1 heterocycles. The first-order chi connectivity index (χ1) is 9.38. The average molecular weight is 316 g/mol. The van der Waals surface area contributed by atoms with Gasteiger partial charge in [0.05, 0.1) is 12.2 Å². The van der Waals surface area contributed by atoms with Gasteiger partial charge in [0.1, 0.15) is 0 Å². The largest absolute Gasteiger partial charge is 0.355 e. The Kier molecular flexibility index (Phi) is 6.61. The molecule has 20 heavy (non-hydrogen) atoms. The highest BCUT2D eigenvalue weighted by atomic mass is 32.2. The summed E-state index contributed by atoms with van der Waals surface area (Å²) in [4.78, 5) is 10.8. The van der Waals surface area contributed by atoms with Gasteiger partial charge in [-0.1, -0.05) is 0 Å². The van der Waals surface area contributed by atoms with Crippen LogP contribution in [-0.4, -0.2) is 49.6 Å². The van der Waals surface area contributed by atoms with Gasteiger partial charge in [0.15, 0.2) is 11.1 Å². The second-order valence-electron chi connectivity index (χ2n) is 5.26. The zero-order chi connectivity index (χ0) is 15.2. The molecule has 2 N–H and O–H groups in total. The summed E-state index contributed by atoms with van der Waals surface area (Å²) in [6.07, 6.45) is 2.12. The van der Waals surface area contributed by atoms with E-state index < -0.39 is 0 Å². The van der Waals surface area contributed by atoms with Crippen LogP contribution >= 0.6 is 23.1 Å². The molecule has 0 fully saturated rings. The van der Waals surface area contributed by atoms with Gasteiger partial charge in [0.25, 0.3) is 0 Å². The summed E-state index contributed by atoms with van der Waals surface area (Å²) in [7, 11) is 5.79. The Morgan fingerprint density at radius 2 is 2.15 bits per heavy atom. The van der Waals surface area contributed by atoms with Crippen molar-refractivity contribution in [2.45, 2.75) is 25.1 Å². The summed E-state index contributed by atoms with van der Waals surface area (Å²) in [6.45, 7) is 5.97. The van der Waals surface area contributed by atoms with E-state index in [1.54, 1.807) is 18.4 Å². The third kappa shape index (κ3) is 5.58. The SMILES string of the molecule is CN=C(NCc1csc(N(C)C)n1)NCC(C)(C)SC. The number of aliphatic imine (C=N–C) groups is 1. The van der Waals surface area contributed by atoms with Crippen molar-refractivity contribution >= 4 is 34.2 Å². The van der Waals surface area contributed by atoms with Crippen molar-refractivity contribution in [2.75, 3.05) is 38.8 Å². The molecule has 1 aromatic heterocycles. The number of aromatic nitrogens is 1. The Hall–Kier alpha value is -0.950. The van der Waals surface area contributed by atoms with Gasteiger partial charge in [-0.15, -0.1) is 11.3 Å². The number of hydrogen-bond acceptors (Lipinski definition) is 5. The van der Waals surface area contributed by atoms with Crippen molar-refractivity contribution in [3.05, 3.63) is 11.1 Å². The molecule has 0 saturated carbocycles. The van der Waals surface area contributed by atoms with Crippen LogP contribution < -0.4 is 15.5 Å². The van der Waals surface area contributed by atoms with E-state index in [9.17, 15) is 0 Å². The van der Waals surface area contributed by atoms with Crippen LogP contribution in [-0.2, 0) is 6.54 Å². The number of thioether (sulfide) groups is 1. The molecule has 0 aromatic carbocycles. The van der Waals surface area contributed by atoms with Gasteiger partial charge in [-0.3, -0.25) is 4.99 Å². The van der Waals surface area contributed by atoms with E-state index in [4.69, 9.17) is 0 Å².